The van der Waals surface area contributed by atoms with Gasteiger partial charge in [0.15, 0.2) is 0 Å². The Labute approximate surface area is 171 Å². The van der Waals surface area contributed by atoms with Crippen LogP contribution in [-0.4, -0.2) is 52.2 Å². The van der Waals surface area contributed by atoms with Gasteiger partial charge < -0.3 is 15.0 Å². The first-order valence-corrected chi connectivity index (χ1v) is 10.5. The zero-order chi connectivity index (χ0) is 20.4. The van der Waals surface area contributed by atoms with E-state index in [0.29, 0.717) is 42.8 Å². The second kappa shape index (κ2) is 8.20. The molecular weight excluding hydrogens is 392 g/mol. The summed E-state index contributed by atoms with van der Waals surface area (Å²) in [5, 5.41) is 3.91. The molecule has 1 aliphatic rings. The number of amides is 2. The summed E-state index contributed by atoms with van der Waals surface area (Å²) in [7, 11) is 0. The first-order valence-electron chi connectivity index (χ1n) is 9.64. The van der Waals surface area contributed by atoms with Gasteiger partial charge in [0.1, 0.15) is 11.2 Å². The summed E-state index contributed by atoms with van der Waals surface area (Å²) in [4.78, 5) is 43.1. The monoisotopic (exact) mass is 414 g/mol. The van der Waals surface area contributed by atoms with E-state index < -0.39 is 0 Å². The van der Waals surface area contributed by atoms with E-state index in [9.17, 15) is 14.4 Å². The highest BCUT2D eigenvalue weighted by Crippen LogP contribution is 2.29. The molecule has 2 aromatic heterocycles. The summed E-state index contributed by atoms with van der Waals surface area (Å²) in [6.45, 7) is 3.13. The molecule has 1 aliphatic heterocycles. The maximum atomic E-state index is 12.8. The number of nitrogens with zero attached hydrogens (tertiary/aromatic N) is 3. The molecule has 1 aromatic carbocycles. The Kier molecular flexibility index (Phi) is 5.48. The number of carbonyl (C=O) groups excluding carboxylic acids is 2. The lowest BCUT2D eigenvalue weighted by Gasteiger charge is -2.31. The summed E-state index contributed by atoms with van der Waals surface area (Å²) >= 11 is 1.40. The first-order chi connectivity index (χ1) is 14.1. The molecule has 0 unspecified atom stereocenters. The molecule has 3 aromatic rings. The molecule has 1 saturated heterocycles. The second-order valence-electron chi connectivity index (χ2n) is 6.98. The molecule has 9 heteroatoms. The van der Waals surface area contributed by atoms with Crippen molar-refractivity contribution in [2.45, 2.75) is 32.4 Å². The Morgan fingerprint density at radius 2 is 2.03 bits per heavy atom. The van der Waals surface area contributed by atoms with Gasteiger partial charge in [0.25, 0.3) is 5.56 Å². The largest absolute Gasteiger partial charge is 0.450 e. The van der Waals surface area contributed by atoms with E-state index in [2.05, 4.69) is 10.3 Å². The highest BCUT2D eigenvalue weighted by Gasteiger charge is 2.24. The van der Waals surface area contributed by atoms with E-state index in [1.165, 1.54) is 22.2 Å². The number of carbonyl (C=O) groups is 2. The maximum absolute atomic E-state index is 12.8. The van der Waals surface area contributed by atoms with Crippen LogP contribution in [0.5, 0.6) is 0 Å². The highest BCUT2D eigenvalue weighted by molar-refractivity contribution is 7.25. The van der Waals surface area contributed by atoms with Crippen molar-refractivity contribution in [3.05, 3.63) is 40.9 Å². The maximum Gasteiger partial charge on any atom is 0.409 e. The number of nitrogens with one attached hydrogen (secondary N) is 1. The first kappa shape index (κ1) is 19.4. The van der Waals surface area contributed by atoms with Crippen molar-refractivity contribution in [3.8, 4) is 0 Å². The predicted molar refractivity (Wildman–Crippen MR) is 111 cm³/mol. The Hall–Kier alpha value is -2.94. The number of aromatic nitrogens is 2. The average molecular weight is 414 g/mol. The van der Waals surface area contributed by atoms with Crippen LogP contribution in [0.2, 0.25) is 0 Å². The van der Waals surface area contributed by atoms with Gasteiger partial charge in [0.2, 0.25) is 5.91 Å². The summed E-state index contributed by atoms with van der Waals surface area (Å²) in [6, 6.07) is 7.73. The van der Waals surface area contributed by atoms with Crippen LogP contribution in [-0.2, 0) is 16.1 Å². The van der Waals surface area contributed by atoms with Crippen LogP contribution in [0.3, 0.4) is 0 Å². The molecule has 0 spiro atoms. The van der Waals surface area contributed by atoms with Crippen LogP contribution in [0.15, 0.2) is 35.4 Å². The topological polar surface area (TPSA) is 93.5 Å². The lowest BCUT2D eigenvalue weighted by molar-refractivity contribution is -0.122. The third-order valence-corrected chi connectivity index (χ3v) is 6.20. The lowest BCUT2D eigenvalue weighted by atomic mass is 10.1. The van der Waals surface area contributed by atoms with Crippen LogP contribution < -0.4 is 10.9 Å². The minimum atomic E-state index is -0.313. The van der Waals surface area contributed by atoms with Crippen molar-refractivity contribution in [2.75, 3.05) is 19.7 Å². The number of rotatable bonds is 4. The molecule has 29 heavy (non-hydrogen) atoms. The van der Waals surface area contributed by atoms with E-state index in [1.54, 1.807) is 11.8 Å². The molecule has 8 nitrogen and oxygen atoms in total. The minimum Gasteiger partial charge on any atom is -0.450 e. The van der Waals surface area contributed by atoms with Gasteiger partial charge in [-0.25, -0.2) is 9.78 Å². The summed E-state index contributed by atoms with van der Waals surface area (Å²) in [5.74, 6) is -0.232. The van der Waals surface area contributed by atoms with Gasteiger partial charge >= 0.3 is 6.09 Å². The van der Waals surface area contributed by atoms with Gasteiger partial charge in [0, 0.05) is 29.2 Å². The number of likely N-dealkylation sites (tertiary alicyclic amines) is 1. The smallest absolute Gasteiger partial charge is 0.409 e. The molecule has 0 aliphatic carbocycles. The fourth-order valence-corrected chi connectivity index (χ4v) is 4.68. The van der Waals surface area contributed by atoms with Gasteiger partial charge in [-0.05, 0) is 25.8 Å². The molecule has 0 atom stereocenters. The zero-order valence-electron chi connectivity index (χ0n) is 16.1. The molecule has 152 valence electrons. The Morgan fingerprint density at radius 1 is 1.28 bits per heavy atom. The number of benzene rings is 1. The van der Waals surface area contributed by atoms with Crippen molar-refractivity contribution < 1.29 is 14.3 Å². The minimum absolute atomic E-state index is 0.0232. The van der Waals surface area contributed by atoms with Crippen LogP contribution in [0, 0.1) is 0 Å². The standard InChI is InChI=1S/C20H22N4O4S/c1-2-28-20(27)23-9-7-13(8-10-23)22-16(25)11-24-12-21-17-14-5-3-4-6-15(14)29-18(17)19(24)26/h3-6,12-13H,2,7-11H2,1H3,(H,22,25). The van der Waals surface area contributed by atoms with E-state index >= 15 is 0 Å². The number of piperidine rings is 1. The van der Waals surface area contributed by atoms with Gasteiger partial charge in [0.05, 0.1) is 18.5 Å². The molecule has 2 amide bonds. The predicted octanol–water partition coefficient (Wildman–Crippen LogP) is 2.35. The quantitative estimate of drug-likeness (QED) is 0.707. The fraction of sp³-hybridized carbons (Fsp3) is 0.400. The number of fused-ring (bicyclic) bond motifs is 3. The van der Waals surface area contributed by atoms with Gasteiger partial charge in [-0.1, -0.05) is 18.2 Å². The number of hydrogen-bond donors (Lipinski definition) is 1. The molecule has 1 fully saturated rings. The fourth-order valence-electron chi connectivity index (χ4n) is 3.58. The van der Waals surface area contributed by atoms with E-state index in [1.807, 2.05) is 24.3 Å². The Balaban J connectivity index is 1.41. The molecule has 3 heterocycles. The van der Waals surface area contributed by atoms with Crippen molar-refractivity contribution in [2.24, 2.45) is 0 Å². The summed E-state index contributed by atoms with van der Waals surface area (Å²) < 4.78 is 7.91. The van der Waals surface area contributed by atoms with Crippen molar-refractivity contribution in [1.82, 2.24) is 19.8 Å². The van der Waals surface area contributed by atoms with Crippen LogP contribution in [0.1, 0.15) is 19.8 Å². The second-order valence-corrected chi connectivity index (χ2v) is 8.03. The lowest BCUT2D eigenvalue weighted by Crippen LogP contribution is -2.47. The van der Waals surface area contributed by atoms with E-state index in [-0.39, 0.29) is 30.1 Å². The Bertz CT molecular complexity index is 1110. The SMILES string of the molecule is CCOC(=O)N1CCC(NC(=O)Cn2cnc3c(sc4ccccc43)c2=O)CC1. The number of hydrogen-bond acceptors (Lipinski definition) is 6. The van der Waals surface area contributed by atoms with Gasteiger partial charge in [-0.15, -0.1) is 11.3 Å². The summed E-state index contributed by atoms with van der Waals surface area (Å²) in [6.07, 6.45) is 2.44. The third kappa shape index (κ3) is 3.95. The zero-order valence-corrected chi connectivity index (χ0v) is 16.9. The number of thiophene rings is 1. The van der Waals surface area contributed by atoms with Crippen molar-refractivity contribution >= 4 is 43.6 Å². The van der Waals surface area contributed by atoms with Crippen LogP contribution >= 0.6 is 11.3 Å². The molecular formula is C20H22N4O4S. The molecule has 4 rings (SSSR count). The number of ether oxygens (including phenoxy) is 1. The molecule has 1 N–H and O–H groups in total. The van der Waals surface area contributed by atoms with Crippen molar-refractivity contribution in [3.63, 3.8) is 0 Å². The van der Waals surface area contributed by atoms with E-state index in [4.69, 9.17) is 4.74 Å². The highest BCUT2D eigenvalue weighted by atomic mass is 32.1. The normalized spacial score (nSPS) is 15.0. The van der Waals surface area contributed by atoms with E-state index in [0.717, 1.165) is 10.1 Å². The average Bonchev–Trinajstić information content (AvgIpc) is 3.10. The molecule has 0 saturated carbocycles. The third-order valence-electron chi connectivity index (χ3n) is 5.05. The van der Waals surface area contributed by atoms with Gasteiger partial charge in [-0.3, -0.25) is 14.2 Å². The van der Waals surface area contributed by atoms with Crippen LogP contribution in [0.25, 0.3) is 20.3 Å². The Morgan fingerprint density at radius 3 is 2.79 bits per heavy atom. The molecule has 0 radical (unpaired) electrons. The molecule has 0 bridgehead atoms. The van der Waals surface area contributed by atoms with Crippen molar-refractivity contribution in [1.29, 1.82) is 0 Å². The van der Waals surface area contributed by atoms with Gasteiger partial charge in [-0.2, -0.15) is 0 Å². The van der Waals surface area contributed by atoms with Crippen LogP contribution in [0.4, 0.5) is 4.79 Å². The summed E-state index contributed by atoms with van der Waals surface area (Å²) in [5.41, 5.74) is 0.474.